The van der Waals surface area contributed by atoms with Crippen LogP contribution in [-0.2, 0) is 11.2 Å². The number of carbonyl (C=O) groups is 2. The minimum absolute atomic E-state index is 0.100. The van der Waals surface area contributed by atoms with Crippen LogP contribution in [0.3, 0.4) is 0 Å². The third-order valence-corrected chi connectivity index (χ3v) is 15.4. The van der Waals surface area contributed by atoms with E-state index < -0.39 is 0 Å². The maximum absolute atomic E-state index is 14.6. The van der Waals surface area contributed by atoms with Gasteiger partial charge in [-0.1, -0.05) is 164 Å². The molecule has 10 rings (SSSR count). The van der Waals surface area contributed by atoms with Crippen LogP contribution in [0.5, 0.6) is 0 Å². The summed E-state index contributed by atoms with van der Waals surface area (Å²) in [5.41, 5.74) is 9.37. The highest BCUT2D eigenvalue weighted by Crippen LogP contribution is 2.39. The average molecular weight is 861 g/mol. The summed E-state index contributed by atoms with van der Waals surface area (Å²) in [6.07, 6.45) is 5.07. The van der Waals surface area contributed by atoms with E-state index in [1.165, 1.54) is 35.1 Å². The number of amides is 2. The second-order valence-electron chi connectivity index (χ2n) is 19.5. The van der Waals surface area contributed by atoms with Crippen molar-refractivity contribution < 1.29 is 9.59 Å². The summed E-state index contributed by atoms with van der Waals surface area (Å²) in [4.78, 5) is 38.6. The Hall–Kier alpha value is -5.82. The van der Waals surface area contributed by atoms with E-state index in [-0.39, 0.29) is 23.7 Å². The van der Waals surface area contributed by atoms with E-state index in [2.05, 4.69) is 153 Å². The van der Waals surface area contributed by atoms with Crippen molar-refractivity contribution in [2.24, 2.45) is 11.8 Å². The molecular formula is C59H64N4O2. The zero-order valence-corrected chi connectivity index (χ0v) is 37.8. The second kappa shape index (κ2) is 20.1. The molecule has 4 atom stereocenters. The number of rotatable bonds is 12. The van der Waals surface area contributed by atoms with Gasteiger partial charge in [-0.05, 0) is 121 Å². The topological polar surface area (TPSA) is 47.1 Å². The third-order valence-electron chi connectivity index (χ3n) is 15.4. The molecule has 4 heterocycles. The van der Waals surface area contributed by atoms with Crippen LogP contribution in [0, 0.1) is 11.8 Å². The summed E-state index contributed by atoms with van der Waals surface area (Å²) >= 11 is 0. The van der Waals surface area contributed by atoms with Gasteiger partial charge in [0.1, 0.15) is 0 Å². The second-order valence-corrected chi connectivity index (χ2v) is 19.5. The Balaban J connectivity index is 0.843. The van der Waals surface area contributed by atoms with Crippen molar-refractivity contribution in [3.8, 4) is 11.1 Å². The summed E-state index contributed by atoms with van der Waals surface area (Å²) in [5, 5.41) is 0. The molecule has 0 unspecified atom stereocenters. The molecule has 4 aliphatic rings. The van der Waals surface area contributed by atoms with Gasteiger partial charge in [-0.25, -0.2) is 0 Å². The first-order chi connectivity index (χ1) is 32.0. The van der Waals surface area contributed by atoms with Crippen LogP contribution >= 0.6 is 0 Å². The first-order valence-corrected chi connectivity index (χ1v) is 24.4. The number of hydrogen-bond donors (Lipinski definition) is 0. The molecule has 0 radical (unpaired) electrons. The summed E-state index contributed by atoms with van der Waals surface area (Å²) in [5.74, 6) is 2.72. The molecule has 6 heteroatoms. The van der Waals surface area contributed by atoms with Crippen LogP contribution in [0.25, 0.3) is 11.1 Å². The predicted molar refractivity (Wildman–Crippen MR) is 263 cm³/mol. The first kappa shape index (κ1) is 43.1. The van der Waals surface area contributed by atoms with Crippen LogP contribution in [0.15, 0.2) is 170 Å². The minimum atomic E-state index is 0.100. The van der Waals surface area contributed by atoms with Crippen molar-refractivity contribution >= 4 is 11.8 Å². The highest BCUT2D eigenvalue weighted by atomic mass is 16.2. The molecule has 332 valence electrons. The maximum Gasteiger partial charge on any atom is 0.254 e. The van der Waals surface area contributed by atoms with Gasteiger partial charge in [-0.3, -0.25) is 9.59 Å². The Labute approximate surface area is 386 Å². The number of piperidine rings is 2. The Kier molecular flexibility index (Phi) is 13.4. The molecule has 0 spiro atoms. The lowest BCUT2D eigenvalue weighted by Gasteiger charge is -2.35. The molecule has 65 heavy (non-hydrogen) atoms. The highest BCUT2D eigenvalue weighted by molar-refractivity contribution is 6.01. The molecule has 0 bridgehead atoms. The standard InChI is InChI=1S/C59H64N4O2/c64-58(62-40-52(56(42-62)50-23-11-4-12-24-50)38-60-32-28-47(29-33-60)45-17-5-1-6-18-45)37-44-16-15-25-51(36-44)57-43-63(59(65)55-27-14-13-26-54(55)49-21-9-3-10-22-49)41-53(57)39-61-34-30-48(31-35-61)46-19-7-2-8-20-46/h1-27,36,47-48,52-53,56-57H,28-35,37-43H2/t52-,53+,56+,57-/m1/s1. The van der Waals surface area contributed by atoms with Crippen LogP contribution in [0.4, 0.5) is 0 Å². The molecule has 0 aliphatic carbocycles. The molecule has 6 nitrogen and oxygen atoms in total. The Morgan fingerprint density at radius 3 is 1.49 bits per heavy atom. The van der Waals surface area contributed by atoms with E-state index in [4.69, 9.17) is 0 Å². The summed E-state index contributed by atoms with van der Waals surface area (Å²) < 4.78 is 0. The SMILES string of the molecule is O=C(Cc1cccc([C@H]2CN(C(=O)c3ccccc3-c3ccccc3)C[C@@H]2CN2CCC(c3ccccc3)CC2)c1)N1C[C@@H](CN2CCC(c3ccccc3)CC2)[C@H](c2ccccc2)C1. The zero-order chi connectivity index (χ0) is 44.0. The molecule has 6 aromatic rings. The van der Waals surface area contributed by atoms with Gasteiger partial charge in [0, 0.05) is 56.7 Å². The van der Waals surface area contributed by atoms with Crippen molar-refractivity contribution in [1.82, 2.24) is 19.6 Å². The van der Waals surface area contributed by atoms with Crippen molar-refractivity contribution in [3.05, 3.63) is 203 Å². The number of hydrogen-bond acceptors (Lipinski definition) is 4. The fourth-order valence-corrected chi connectivity index (χ4v) is 11.9. The molecule has 0 N–H and O–H groups in total. The summed E-state index contributed by atoms with van der Waals surface area (Å²) in [7, 11) is 0. The van der Waals surface area contributed by atoms with Crippen LogP contribution < -0.4 is 0 Å². The van der Waals surface area contributed by atoms with Gasteiger partial charge >= 0.3 is 0 Å². The van der Waals surface area contributed by atoms with Gasteiger partial charge in [0.15, 0.2) is 0 Å². The largest absolute Gasteiger partial charge is 0.341 e. The Morgan fingerprint density at radius 2 is 0.908 bits per heavy atom. The molecule has 0 saturated carbocycles. The average Bonchev–Trinajstić information content (AvgIpc) is 4.00. The number of benzene rings is 6. The fraction of sp³-hybridized carbons (Fsp3) is 0.356. The third kappa shape index (κ3) is 10.0. The van der Waals surface area contributed by atoms with E-state index in [0.717, 1.165) is 87.5 Å². The van der Waals surface area contributed by atoms with Crippen LogP contribution in [-0.4, -0.2) is 96.9 Å². The van der Waals surface area contributed by atoms with Gasteiger partial charge in [-0.2, -0.15) is 0 Å². The van der Waals surface area contributed by atoms with E-state index in [9.17, 15) is 9.59 Å². The van der Waals surface area contributed by atoms with Crippen molar-refractivity contribution in [3.63, 3.8) is 0 Å². The van der Waals surface area contributed by atoms with Crippen molar-refractivity contribution in [2.75, 3.05) is 65.4 Å². The first-order valence-electron chi connectivity index (χ1n) is 24.4. The summed E-state index contributed by atoms with van der Waals surface area (Å²) in [6, 6.07) is 60.1. The lowest BCUT2D eigenvalue weighted by atomic mass is 9.85. The van der Waals surface area contributed by atoms with Gasteiger partial charge in [-0.15, -0.1) is 0 Å². The minimum Gasteiger partial charge on any atom is -0.341 e. The lowest BCUT2D eigenvalue weighted by Crippen LogP contribution is -2.38. The molecule has 4 fully saturated rings. The van der Waals surface area contributed by atoms with Crippen LogP contribution in [0.2, 0.25) is 0 Å². The van der Waals surface area contributed by atoms with E-state index >= 15 is 0 Å². The number of carbonyl (C=O) groups excluding carboxylic acids is 2. The predicted octanol–water partition coefficient (Wildman–Crippen LogP) is 10.8. The van der Waals surface area contributed by atoms with Gasteiger partial charge in [0.25, 0.3) is 5.91 Å². The normalized spacial score (nSPS) is 22.3. The van der Waals surface area contributed by atoms with E-state index in [1.54, 1.807) is 0 Å². The maximum atomic E-state index is 14.6. The monoisotopic (exact) mass is 861 g/mol. The lowest BCUT2D eigenvalue weighted by molar-refractivity contribution is -0.129. The molecule has 4 aliphatic heterocycles. The van der Waals surface area contributed by atoms with Gasteiger partial charge in [0.2, 0.25) is 5.91 Å². The highest BCUT2D eigenvalue weighted by Gasteiger charge is 2.40. The van der Waals surface area contributed by atoms with Crippen molar-refractivity contribution in [2.45, 2.75) is 55.8 Å². The molecule has 4 saturated heterocycles. The molecular weight excluding hydrogens is 797 g/mol. The zero-order valence-electron chi connectivity index (χ0n) is 37.8. The number of likely N-dealkylation sites (tertiary alicyclic amines) is 4. The number of nitrogens with zero attached hydrogens (tertiary/aromatic N) is 4. The smallest absolute Gasteiger partial charge is 0.254 e. The Morgan fingerprint density at radius 1 is 0.446 bits per heavy atom. The van der Waals surface area contributed by atoms with Gasteiger partial charge < -0.3 is 19.6 Å². The fourth-order valence-electron chi connectivity index (χ4n) is 11.9. The van der Waals surface area contributed by atoms with E-state index in [1.807, 2.05) is 36.4 Å². The quantitative estimate of drug-likeness (QED) is 0.123. The van der Waals surface area contributed by atoms with E-state index in [0.29, 0.717) is 43.2 Å². The van der Waals surface area contributed by atoms with Gasteiger partial charge in [0.05, 0.1) is 6.42 Å². The van der Waals surface area contributed by atoms with Crippen molar-refractivity contribution in [1.29, 1.82) is 0 Å². The summed E-state index contributed by atoms with van der Waals surface area (Å²) in [6.45, 7) is 9.27. The Bertz CT molecular complexity index is 2480. The molecule has 0 aromatic heterocycles. The molecule has 2 amide bonds. The van der Waals surface area contributed by atoms with Crippen LogP contribution in [0.1, 0.15) is 87.5 Å². The molecule has 6 aromatic carbocycles.